The Morgan fingerprint density at radius 3 is 2.35 bits per heavy atom. The van der Waals surface area contributed by atoms with Gasteiger partial charge in [0.1, 0.15) is 0 Å². The number of fused-ring (bicyclic) bond motifs is 2. The second-order valence-corrected chi connectivity index (χ2v) is 8.03. The molecule has 0 radical (unpaired) electrons. The molecule has 0 amide bonds. The Bertz CT molecular complexity index is 1080. The molecule has 0 atom stereocenters. The first-order chi connectivity index (χ1) is 12.5. The van der Waals surface area contributed by atoms with E-state index in [0.29, 0.717) is 24.7 Å². The summed E-state index contributed by atoms with van der Waals surface area (Å²) < 4.78 is 39.3. The number of hydrogen-bond acceptors (Lipinski definition) is 4. The Morgan fingerprint density at radius 1 is 0.885 bits per heavy atom. The molecule has 3 aromatic carbocycles. The second-order valence-electron chi connectivity index (χ2n) is 5.94. The normalized spacial score (nSPS) is 14.0. The van der Waals surface area contributed by atoms with Crippen molar-refractivity contribution in [3.05, 3.63) is 59.6 Å². The number of halogens is 1. The van der Waals surface area contributed by atoms with E-state index >= 15 is 0 Å². The minimum Gasteiger partial charge on any atom is -0.490 e. The summed E-state index contributed by atoms with van der Waals surface area (Å²) in [5.74, 6) is 0.990. The molecule has 0 bridgehead atoms. The van der Waals surface area contributed by atoms with Gasteiger partial charge in [-0.25, -0.2) is 8.42 Å². The molecule has 0 aromatic heterocycles. The molecule has 3 aromatic rings. The van der Waals surface area contributed by atoms with Crippen molar-refractivity contribution >= 4 is 38.1 Å². The van der Waals surface area contributed by atoms with Crippen LogP contribution < -0.4 is 14.2 Å². The first-order valence-electron chi connectivity index (χ1n) is 8.14. The first-order valence-corrected chi connectivity index (χ1v) is 10.00. The van der Waals surface area contributed by atoms with Gasteiger partial charge < -0.3 is 9.47 Å². The summed E-state index contributed by atoms with van der Waals surface area (Å²) in [5.41, 5.74) is 0.254. The molecule has 7 heteroatoms. The summed E-state index contributed by atoms with van der Waals surface area (Å²) in [7, 11) is -3.79. The zero-order chi connectivity index (χ0) is 18.1. The predicted octanol–water partition coefficient (Wildman–Crippen LogP) is 4.46. The molecule has 0 unspecified atom stereocenters. The van der Waals surface area contributed by atoms with Gasteiger partial charge in [-0.1, -0.05) is 41.9 Å². The highest BCUT2D eigenvalue weighted by Gasteiger charge is 2.20. The van der Waals surface area contributed by atoms with E-state index in [2.05, 4.69) is 4.72 Å². The maximum Gasteiger partial charge on any atom is 0.261 e. The van der Waals surface area contributed by atoms with Crippen LogP contribution in [0.1, 0.15) is 6.42 Å². The quantitative estimate of drug-likeness (QED) is 0.718. The van der Waals surface area contributed by atoms with Crippen molar-refractivity contribution in [2.75, 3.05) is 17.9 Å². The lowest BCUT2D eigenvalue weighted by Crippen LogP contribution is -2.13. The van der Waals surface area contributed by atoms with Crippen molar-refractivity contribution in [3.8, 4) is 11.5 Å². The van der Waals surface area contributed by atoms with Gasteiger partial charge in [-0.2, -0.15) is 0 Å². The highest BCUT2D eigenvalue weighted by molar-refractivity contribution is 7.92. The van der Waals surface area contributed by atoms with Crippen molar-refractivity contribution in [1.82, 2.24) is 0 Å². The lowest BCUT2D eigenvalue weighted by Gasteiger charge is -2.14. The third-order valence-electron chi connectivity index (χ3n) is 4.11. The van der Waals surface area contributed by atoms with Crippen LogP contribution in [0.15, 0.2) is 59.5 Å². The molecule has 4 rings (SSSR count). The molecule has 26 heavy (non-hydrogen) atoms. The molecule has 134 valence electrons. The molecule has 1 aliphatic heterocycles. The van der Waals surface area contributed by atoms with Crippen LogP contribution in [0.3, 0.4) is 0 Å². The summed E-state index contributed by atoms with van der Waals surface area (Å²) in [6.45, 7) is 1.04. The summed E-state index contributed by atoms with van der Waals surface area (Å²) >= 11 is 6.24. The standard InChI is InChI=1S/C19H16ClNO4S/c20-16-11-18-19(25-9-3-8-24-18)12-17(16)21-26(22,23)15-7-6-13-4-1-2-5-14(13)10-15/h1-2,4-7,10-12,21H,3,8-9H2. The summed E-state index contributed by atoms with van der Waals surface area (Å²) in [5, 5.41) is 2.07. The molecule has 0 aliphatic carbocycles. The summed E-state index contributed by atoms with van der Waals surface area (Å²) in [6.07, 6.45) is 0.754. The van der Waals surface area contributed by atoms with Gasteiger partial charge in [0.05, 0.1) is 28.8 Å². The zero-order valence-corrected chi connectivity index (χ0v) is 15.3. The smallest absolute Gasteiger partial charge is 0.261 e. The summed E-state index contributed by atoms with van der Waals surface area (Å²) in [4.78, 5) is 0.166. The van der Waals surface area contributed by atoms with Crippen LogP contribution in [-0.2, 0) is 10.0 Å². The summed E-state index contributed by atoms with van der Waals surface area (Å²) in [6, 6.07) is 15.7. The molecule has 1 N–H and O–H groups in total. The van der Waals surface area contributed by atoms with Gasteiger partial charge in [0.2, 0.25) is 0 Å². The molecule has 1 aliphatic rings. The van der Waals surface area contributed by atoms with Crippen molar-refractivity contribution in [2.24, 2.45) is 0 Å². The van der Waals surface area contributed by atoms with Gasteiger partial charge in [0.15, 0.2) is 11.5 Å². The van der Waals surface area contributed by atoms with E-state index in [1.165, 1.54) is 0 Å². The lowest BCUT2D eigenvalue weighted by atomic mass is 10.1. The number of anilines is 1. The first kappa shape index (κ1) is 17.0. The largest absolute Gasteiger partial charge is 0.490 e. The number of ether oxygens (including phenoxy) is 2. The van der Waals surface area contributed by atoms with Gasteiger partial charge in [0, 0.05) is 18.6 Å². The number of benzene rings is 3. The number of hydrogen-bond donors (Lipinski definition) is 1. The van der Waals surface area contributed by atoms with Crippen LogP contribution in [0, 0.1) is 0 Å². The average Bonchev–Trinajstić information content (AvgIpc) is 2.86. The van der Waals surface area contributed by atoms with E-state index in [1.807, 2.05) is 24.3 Å². The van der Waals surface area contributed by atoms with E-state index in [1.54, 1.807) is 30.3 Å². The molecule has 1 heterocycles. The van der Waals surface area contributed by atoms with Crippen molar-refractivity contribution in [2.45, 2.75) is 11.3 Å². The van der Waals surface area contributed by atoms with Gasteiger partial charge >= 0.3 is 0 Å². The van der Waals surface area contributed by atoms with Crippen LogP contribution in [-0.4, -0.2) is 21.6 Å². The molecule has 0 saturated carbocycles. The molecule has 0 spiro atoms. The highest BCUT2D eigenvalue weighted by Crippen LogP contribution is 2.38. The lowest BCUT2D eigenvalue weighted by molar-refractivity contribution is 0.297. The SMILES string of the molecule is O=S(=O)(Nc1cc2c(cc1Cl)OCCCO2)c1ccc2ccccc2c1. The van der Waals surface area contributed by atoms with Crippen LogP contribution in [0.25, 0.3) is 10.8 Å². The molecule has 0 fully saturated rings. The molecule has 0 saturated heterocycles. The average molecular weight is 390 g/mol. The van der Waals surface area contributed by atoms with E-state index in [9.17, 15) is 8.42 Å². The van der Waals surface area contributed by atoms with Crippen molar-refractivity contribution in [3.63, 3.8) is 0 Å². The van der Waals surface area contributed by atoms with Crippen LogP contribution in [0.2, 0.25) is 5.02 Å². The van der Waals surface area contributed by atoms with Gasteiger partial charge in [0.25, 0.3) is 10.0 Å². The Balaban J connectivity index is 1.69. The van der Waals surface area contributed by atoms with E-state index in [4.69, 9.17) is 21.1 Å². The fraction of sp³-hybridized carbons (Fsp3) is 0.158. The monoisotopic (exact) mass is 389 g/mol. The number of nitrogens with one attached hydrogen (secondary N) is 1. The minimum absolute atomic E-state index is 0.166. The maximum atomic E-state index is 12.8. The Morgan fingerprint density at radius 2 is 1.58 bits per heavy atom. The van der Waals surface area contributed by atoms with Crippen molar-refractivity contribution < 1.29 is 17.9 Å². The van der Waals surface area contributed by atoms with E-state index in [-0.39, 0.29) is 15.6 Å². The van der Waals surface area contributed by atoms with E-state index in [0.717, 1.165) is 17.2 Å². The fourth-order valence-corrected chi connectivity index (χ4v) is 4.16. The van der Waals surface area contributed by atoms with Crippen LogP contribution >= 0.6 is 11.6 Å². The minimum atomic E-state index is -3.79. The molecule has 5 nitrogen and oxygen atoms in total. The number of sulfonamides is 1. The molecular weight excluding hydrogens is 374 g/mol. The third-order valence-corrected chi connectivity index (χ3v) is 5.79. The fourth-order valence-electron chi connectivity index (χ4n) is 2.80. The van der Waals surface area contributed by atoms with Gasteiger partial charge in [-0.15, -0.1) is 0 Å². The van der Waals surface area contributed by atoms with Crippen molar-refractivity contribution in [1.29, 1.82) is 0 Å². The van der Waals surface area contributed by atoms with Gasteiger partial charge in [-0.3, -0.25) is 4.72 Å². The third kappa shape index (κ3) is 3.30. The topological polar surface area (TPSA) is 64.6 Å². The van der Waals surface area contributed by atoms with Crippen LogP contribution in [0.4, 0.5) is 5.69 Å². The predicted molar refractivity (Wildman–Crippen MR) is 102 cm³/mol. The highest BCUT2D eigenvalue weighted by atomic mass is 35.5. The maximum absolute atomic E-state index is 12.8. The number of rotatable bonds is 3. The zero-order valence-electron chi connectivity index (χ0n) is 13.7. The Kier molecular flexibility index (Phi) is 4.38. The van der Waals surface area contributed by atoms with Gasteiger partial charge in [-0.05, 0) is 22.9 Å². The Hall–Kier alpha value is -2.44. The molecular formula is C19H16ClNO4S. The van der Waals surface area contributed by atoms with Crippen LogP contribution in [0.5, 0.6) is 11.5 Å². The Labute approximate surface area is 156 Å². The second kappa shape index (κ2) is 6.70. The van der Waals surface area contributed by atoms with E-state index < -0.39 is 10.0 Å².